The molecule has 0 aliphatic rings. The molecule has 1 aromatic carbocycles. The number of rotatable bonds is 5. The molecule has 0 amide bonds. The molecule has 0 aliphatic heterocycles. The summed E-state index contributed by atoms with van der Waals surface area (Å²) < 4.78 is 11.9. The van der Waals surface area contributed by atoms with E-state index in [1.807, 2.05) is 19.1 Å². The zero-order valence-corrected chi connectivity index (χ0v) is 10.2. The van der Waals surface area contributed by atoms with Crippen molar-refractivity contribution < 1.29 is 4.21 Å². The number of hydrogen-bond donors (Lipinski definition) is 1. The van der Waals surface area contributed by atoms with E-state index in [-0.39, 0.29) is 5.25 Å². The minimum atomic E-state index is -0.804. The van der Waals surface area contributed by atoms with Crippen LogP contribution in [0.15, 0.2) is 24.3 Å². The second-order valence-corrected chi connectivity index (χ2v) is 5.76. The Balaban J connectivity index is 2.58. The molecule has 0 spiro atoms. The lowest BCUT2D eigenvalue weighted by molar-refractivity contribution is 0.665. The fraction of sp³-hybridized carbons (Fsp3) is 0.500. The van der Waals surface area contributed by atoms with E-state index in [9.17, 15) is 4.21 Å². The molecule has 1 aromatic rings. The van der Waals surface area contributed by atoms with Gasteiger partial charge in [0.1, 0.15) is 0 Å². The molecule has 2 atom stereocenters. The summed E-state index contributed by atoms with van der Waals surface area (Å²) in [6, 6.07) is 8.18. The van der Waals surface area contributed by atoms with Crippen molar-refractivity contribution in [3.63, 3.8) is 0 Å². The number of benzene rings is 1. The molecular weight excluding hydrogens is 206 g/mol. The smallest absolute Gasteiger partial charge is 0.0488 e. The zero-order valence-electron chi connectivity index (χ0n) is 9.40. The van der Waals surface area contributed by atoms with Crippen molar-refractivity contribution >= 4 is 10.8 Å². The second kappa shape index (κ2) is 6.03. The Labute approximate surface area is 94.3 Å². The van der Waals surface area contributed by atoms with Crippen molar-refractivity contribution in [2.75, 3.05) is 6.54 Å². The van der Waals surface area contributed by atoms with E-state index in [1.54, 1.807) is 0 Å². The molecule has 15 heavy (non-hydrogen) atoms. The number of aryl methyl sites for hydroxylation is 1. The van der Waals surface area contributed by atoms with E-state index in [4.69, 9.17) is 5.73 Å². The zero-order chi connectivity index (χ0) is 11.3. The molecule has 2 nitrogen and oxygen atoms in total. The van der Waals surface area contributed by atoms with Crippen LogP contribution in [0, 0.1) is 6.92 Å². The summed E-state index contributed by atoms with van der Waals surface area (Å²) in [6.45, 7) is 4.66. The van der Waals surface area contributed by atoms with Gasteiger partial charge in [0.2, 0.25) is 0 Å². The van der Waals surface area contributed by atoms with E-state index < -0.39 is 10.8 Å². The summed E-state index contributed by atoms with van der Waals surface area (Å²) in [5.41, 5.74) is 7.82. The molecule has 3 heteroatoms. The molecule has 0 saturated carbocycles. The summed E-state index contributed by atoms with van der Waals surface area (Å²) in [6.07, 6.45) is 0.832. The topological polar surface area (TPSA) is 43.1 Å². The van der Waals surface area contributed by atoms with Gasteiger partial charge in [0.05, 0.1) is 0 Å². The molecule has 0 aliphatic carbocycles. The first kappa shape index (κ1) is 12.4. The Bertz CT molecular complexity index is 338. The van der Waals surface area contributed by atoms with Crippen molar-refractivity contribution in [2.24, 2.45) is 5.73 Å². The summed E-state index contributed by atoms with van der Waals surface area (Å²) in [4.78, 5) is 0. The molecule has 1 rings (SSSR count). The molecule has 2 N–H and O–H groups in total. The largest absolute Gasteiger partial charge is 0.330 e. The molecular formula is C12H19NOS. The molecule has 2 unspecified atom stereocenters. The van der Waals surface area contributed by atoms with Gasteiger partial charge < -0.3 is 5.73 Å². The van der Waals surface area contributed by atoms with E-state index in [0.29, 0.717) is 12.3 Å². The maximum absolute atomic E-state index is 11.9. The molecule has 84 valence electrons. The van der Waals surface area contributed by atoms with Gasteiger partial charge in [-0.3, -0.25) is 4.21 Å². The lowest BCUT2D eigenvalue weighted by Crippen LogP contribution is -2.17. The van der Waals surface area contributed by atoms with E-state index in [2.05, 4.69) is 19.1 Å². The van der Waals surface area contributed by atoms with Crippen molar-refractivity contribution in [3.05, 3.63) is 35.4 Å². The normalized spacial score (nSPS) is 14.9. The van der Waals surface area contributed by atoms with Gasteiger partial charge in [0.15, 0.2) is 0 Å². The van der Waals surface area contributed by atoms with Gasteiger partial charge in [0.25, 0.3) is 0 Å². The van der Waals surface area contributed by atoms with Crippen LogP contribution in [0.1, 0.15) is 24.5 Å². The molecule has 0 saturated heterocycles. The highest BCUT2D eigenvalue weighted by atomic mass is 32.2. The molecule has 0 aromatic heterocycles. The molecule has 0 fully saturated rings. The maximum atomic E-state index is 11.9. The lowest BCUT2D eigenvalue weighted by atomic mass is 10.2. The van der Waals surface area contributed by atoms with Crippen molar-refractivity contribution in [3.8, 4) is 0 Å². The Morgan fingerprint density at radius 3 is 2.80 bits per heavy atom. The first-order chi connectivity index (χ1) is 7.13. The fourth-order valence-electron chi connectivity index (χ4n) is 1.47. The fourth-order valence-corrected chi connectivity index (χ4v) is 2.67. The van der Waals surface area contributed by atoms with Gasteiger partial charge in [-0.05, 0) is 25.5 Å². The molecule has 0 radical (unpaired) electrons. The summed E-state index contributed by atoms with van der Waals surface area (Å²) in [5, 5.41) is 0.190. The third-order valence-corrected chi connectivity index (χ3v) is 4.16. The predicted octanol–water partition coefficient (Wildman–Crippen LogP) is 1.98. The standard InChI is InChI=1S/C12H19NOS/c1-10-4-3-5-12(8-10)9-15(14)11(2)6-7-13/h3-5,8,11H,6-7,9,13H2,1-2H3. The van der Waals surface area contributed by atoms with Crippen LogP contribution < -0.4 is 5.73 Å². The van der Waals surface area contributed by atoms with Crippen LogP contribution in [-0.2, 0) is 16.6 Å². The summed E-state index contributed by atoms with van der Waals surface area (Å²) in [5.74, 6) is 0.642. The summed E-state index contributed by atoms with van der Waals surface area (Å²) in [7, 11) is -0.804. The lowest BCUT2D eigenvalue weighted by Gasteiger charge is -2.10. The van der Waals surface area contributed by atoms with Crippen molar-refractivity contribution in [2.45, 2.75) is 31.3 Å². The first-order valence-electron chi connectivity index (χ1n) is 5.26. The Kier molecular flexibility index (Phi) is 4.99. The van der Waals surface area contributed by atoms with Crippen LogP contribution >= 0.6 is 0 Å². The van der Waals surface area contributed by atoms with Gasteiger partial charge in [0, 0.05) is 21.8 Å². The van der Waals surface area contributed by atoms with Gasteiger partial charge in [-0.15, -0.1) is 0 Å². The highest BCUT2D eigenvalue weighted by molar-refractivity contribution is 7.84. The second-order valence-electron chi connectivity index (χ2n) is 3.90. The molecule has 0 heterocycles. The van der Waals surface area contributed by atoms with Crippen LogP contribution in [0.5, 0.6) is 0 Å². The highest BCUT2D eigenvalue weighted by Crippen LogP contribution is 2.10. The van der Waals surface area contributed by atoms with Gasteiger partial charge >= 0.3 is 0 Å². The van der Waals surface area contributed by atoms with E-state index in [0.717, 1.165) is 12.0 Å². The van der Waals surface area contributed by atoms with Crippen LogP contribution in [0.25, 0.3) is 0 Å². The third kappa shape index (κ3) is 4.14. The highest BCUT2D eigenvalue weighted by Gasteiger charge is 2.10. The van der Waals surface area contributed by atoms with Crippen LogP contribution in [0.2, 0.25) is 0 Å². The minimum absolute atomic E-state index is 0.190. The Morgan fingerprint density at radius 1 is 1.47 bits per heavy atom. The third-order valence-electron chi connectivity index (χ3n) is 2.41. The SMILES string of the molecule is Cc1cccc(CS(=O)C(C)CCN)c1. The maximum Gasteiger partial charge on any atom is 0.0488 e. The Hall–Kier alpha value is -0.670. The first-order valence-corrected chi connectivity index (χ1v) is 6.64. The van der Waals surface area contributed by atoms with Gasteiger partial charge in [-0.2, -0.15) is 0 Å². The average molecular weight is 225 g/mol. The quantitative estimate of drug-likeness (QED) is 0.832. The van der Waals surface area contributed by atoms with Crippen molar-refractivity contribution in [1.29, 1.82) is 0 Å². The van der Waals surface area contributed by atoms with Crippen LogP contribution in [-0.4, -0.2) is 16.0 Å². The van der Waals surface area contributed by atoms with E-state index >= 15 is 0 Å². The van der Waals surface area contributed by atoms with Crippen LogP contribution in [0.4, 0.5) is 0 Å². The number of hydrogen-bond acceptors (Lipinski definition) is 2. The summed E-state index contributed by atoms with van der Waals surface area (Å²) >= 11 is 0. The predicted molar refractivity (Wildman–Crippen MR) is 66.2 cm³/mol. The number of nitrogens with two attached hydrogens (primary N) is 1. The minimum Gasteiger partial charge on any atom is -0.330 e. The Morgan fingerprint density at radius 2 is 2.20 bits per heavy atom. The van der Waals surface area contributed by atoms with Gasteiger partial charge in [-0.1, -0.05) is 36.8 Å². The van der Waals surface area contributed by atoms with Gasteiger partial charge in [-0.25, -0.2) is 0 Å². The molecule has 0 bridgehead atoms. The monoisotopic (exact) mass is 225 g/mol. The van der Waals surface area contributed by atoms with Crippen LogP contribution in [0.3, 0.4) is 0 Å². The van der Waals surface area contributed by atoms with E-state index in [1.165, 1.54) is 5.56 Å². The average Bonchev–Trinajstić information content (AvgIpc) is 2.18. The van der Waals surface area contributed by atoms with Crippen molar-refractivity contribution in [1.82, 2.24) is 0 Å².